The fourth-order valence-electron chi connectivity index (χ4n) is 3.43. The molecule has 340 valence electrons. The van der Waals surface area contributed by atoms with E-state index in [9.17, 15) is 28.0 Å². The van der Waals surface area contributed by atoms with Crippen LogP contribution < -0.4 is 10.2 Å². The predicted octanol–water partition coefficient (Wildman–Crippen LogP) is 11.6. The maximum absolute atomic E-state index is 11.8. The second-order valence-corrected chi connectivity index (χ2v) is 13.1. The number of nitrogens with zero attached hydrogens (tertiary/aromatic N) is 2. The van der Waals surface area contributed by atoms with Crippen molar-refractivity contribution in [2.75, 3.05) is 58.0 Å². The van der Waals surface area contributed by atoms with Crippen LogP contribution in [0, 0.1) is 0 Å². The summed E-state index contributed by atoms with van der Waals surface area (Å²) in [5, 5.41) is 2.71. The molecule has 3 amide bonds. The van der Waals surface area contributed by atoms with Gasteiger partial charge in [-0.3, -0.25) is 19.2 Å². The fraction of sp³-hybridized carbons (Fsp3) is 0.778. The molecule has 1 aromatic rings. The van der Waals surface area contributed by atoms with Crippen molar-refractivity contribution >= 4 is 29.4 Å². The number of rotatable bonds is 20. The molecule has 1 rings (SSSR count). The van der Waals surface area contributed by atoms with Crippen LogP contribution in [0.4, 0.5) is 14.5 Å². The molecule has 57 heavy (non-hydrogen) atoms. The Morgan fingerprint density at radius 2 is 1.12 bits per heavy atom. The van der Waals surface area contributed by atoms with Gasteiger partial charge in [-0.05, 0) is 57.6 Å². The van der Waals surface area contributed by atoms with Crippen LogP contribution in [0.2, 0.25) is 0 Å². The smallest absolute Gasteiger partial charge is 0.352 e. The van der Waals surface area contributed by atoms with Crippen molar-refractivity contribution in [3.8, 4) is 0 Å². The number of unbranched alkanes of at least 4 members (excludes halogenated alkanes) is 5. The first kappa shape index (κ1) is 65.7. The lowest BCUT2D eigenvalue weighted by Gasteiger charge is -2.20. The van der Waals surface area contributed by atoms with Crippen molar-refractivity contribution in [2.45, 2.75) is 180 Å². The van der Waals surface area contributed by atoms with E-state index in [0.717, 1.165) is 110 Å². The largest absolute Gasteiger partial charge is 0.466 e. The SMILES string of the molecule is CCC.CCCCN(C(C)=O)c1ccccc1.CCCCN(C)C(C)=O.CCCCNC(C)=O.CCCCOC(C)(F)F.CCCCOC(C)=O.CCCOCC. The van der Waals surface area contributed by atoms with Gasteiger partial charge in [0.15, 0.2) is 0 Å². The van der Waals surface area contributed by atoms with Crippen LogP contribution >= 0.6 is 0 Å². The minimum atomic E-state index is -2.95. The van der Waals surface area contributed by atoms with Crippen molar-refractivity contribution < 1.29 is 42.2 Å². The van der Waals surface area contributed by atoms with Gasteiger partial charge in [0.2, 0.25) is 17.7 Å². The predicted molar refractivity (Wildman–Crippen MR) is 237 cm³/mol. The number of alkyl halides is 2. The van der Waals surface area contributed by atoms with Crippen molar-refractivity contribution in [1.82, 2.24) is 10.2 Å². The summed E-state index contributed by atoms with van der Waals surface area (Å²) in [5.41, 5.74) is 0.994. The van der Waals surface area contributed by atoms with E-state index in [1.807, 2.05) is 56.1 Å². The van der Waals surface area contributed by atoms with Crippen LogP contribution in [0.3, 0.4) is 0 Å². The maximum Gasteiger partial charge on any atom is 0.352 e. The number of amides is 3. The topological polar surface area (TPSA) is 114 Å². The number of hydrogen-bond acceptors (Lipinski definition) is 7. The Hall–Kier alpha value is -3.12. The lowest BCUT2D eigenvalue weighted by atomic mass is 10.2. The average Bonchev–Trinajstić information content (AvgIpc) is 3.14. The summed E-state index contributed by atoms with van der Waals surface area (Å²) in [7, 11) is 1.83. The monoisotopic (exact) mass is 822 g/mol. The molecule has 0 aliphatic rings. The summed E-state index contributed by atoms with van der Waals surface area (Å²) in [6, 6.07) is 9.81. The van der Waals surface area contributed by atoms with Crippen LogP contribution in [0.25, 0.3) is 0 Å². The molecular formula is C45H89F2N3O7. The number of carbonyl (C=O) groups excluding carboxylic acids is 4. The van der Waals surface area contributed by atoms with E-state index in [-0.39, 0.29) is 30.3 Å². The Morgan fingerprint density at radius 1 is 0.649 bits per heavy atom. The van der Waals surface area contributed by atoms with Crippen LogP contribution in [-0.4, -0.2) is 87.8 Å². The first-order valence-corrected chi connectivity index (χ1v) is 21.4. The number of ether oxygens (including phenoxy) is 3. The van der Waals surface area contributed by atoms with Crippen LogP contribution in [0.1, 0.15) is 174 Å². The molecule has 10 nitrogen and oxygen atoms in total. The van der Waals surface area contributed by atoms with Crippen molar-refractivity contribution in [3.63, 3.8) is 0 Å². The summed E-state index contributed by atoms with van der Waals surface area (Å²) in [6.45, 7) is 30.7. The van der Waals surface area contributed by atoms with Gasteiger partial charge in [-0.2, -0.15) is 8.78 Å². The highest BCUT2D eigenvalue weighted by molar-refractivity contribution is 5.91. The van der Waals surface area contributed by atoms with Crippen molar-refractivity contribution in [2.24, 2.45) is 0 Å². The Kier molecular flexibility index (Phi) is 61.0. The van der Waals surface area contributed by atoms with Crippen molar-refractivity contribution in [3.05, 3.63) is 30.3 Å². The third-order valence-electron chi connectivity index (χ3n) is 6.68. The summed E-state index contributed by atoms with van der Waals surface area (Å²) in [6.07, 6.45) is 9.70. The molecule has 0 unspecified atom stereocenters. The quantitative estimate of drug-likeness (QED) is 0.103. The number of esters is 1. The number of halogens is 2. The summed E-state index contributed by atoms with van der Waals surface area (Å²) >= 11 is 0. The van der Waals surface area contributed by atoms with E-state index >= 15 is 0 Å². The fourth-order valence-corrected chi connectivity index (χ4v) is 3.43. The van der Waals surface area contributed by atoms with E-state index in [2.05, 4.69) is 63.3 Å². The lowest BCUT2D eigenvalue weighted by Crippen LogP contribution is -2.29. The molecule has 0 bridgehead atoms. The van der Waals surface area contributed by atoms with E-state index < -0.39 is 6.11 Å². The number of anilines is 1. The minimum Gasteiger partial charge on any atom is -0.466 e. The van der Waals surface area contributed by atoms with E-state index in [1.54, 1.807) is 18.7 Å². The molecule has 0 saturated heterocycles. The Balaban J connectivity index is -0.000000138. The highest BCUT2D eigenvalue weighted by Gasteiger charge is 2.20. The van der Waals surface area contributed by atoms with Gasteiger partial charge >= 0.3 is 12.1 Å². The van der Waals surface area contributed by atoms with Crippen LogP contribution in [-0.2, 0) is 33.4 Å². The zero-order valence-electron chi connectivity index (χ0n) is 39.3. The molecule has 0 radical (unpaired) electrons. The average molecular weight is 822 g/mol. The van der Waals surface area contributed by atoms with Gasteiger partial charge in [-0.25, -0.2) is 0 Å². The lowest BCUT2D eigenvalue weighted by molar-refractivity contribution is -0.224. The zero-order valence-corrected chi connectivity index (χ0v) is 39.3. The summed E-state index contributed by atoms with van der Waals surface area (Å²) < 4.78 is 37.4. The maximum atomic E-state index is 11.8. The number of benzene rings is 1. The van der Waals surface area contributed by atoms with Gasteiger partial charge in [-0.1, -0.05) is 112 Å². The summed E-state index contributed by atoms with van der Waals surface area (Å²) in [5.74, 6) is 0.157. The third-order valence-corrected chi connectivity index (χ3v) is 6.68. The Morgan fingerprint density at radius 3 is 1.47 bits per heavy atom. The van der Waals surface area contributed by atoms with E-state index in [4.69, 9.17) is 4.74 Å². The Bertz CT molecular complexity index is 957. The highest BCUT2D eigenvalue weighted by atomic mass is 19.3. The van der Waals surface area contributed by atoms with Crippen LogP contribution in [0.5, 0.6) is 0 Å². The number of carbonyl (C=O) groups is 4. The second-order valence-electron chi connectivity index (χ2n) is 13.1. The number of hydrogen-bond donors (Lipinski definition) is 1. The molecule has 0 heterocycles. The van der Waals surface area contributed by atoms with Crippen molar-refractivity contribution in [1.29, 1.82) is 0 Å². The molecule has 12 heteroatoms. The summed E-state index contributed by atoms with van der Waals surface area (Å²) in [4.78, 5) is 45.8. The molecule has 0 saturated carbocycles. The standard InChI is InChI=1S/C12H17NO.C7H15NO.C6H12F2O.C6H13NO.C6H12O2.C5H12O.C3H8/c1-3-4-10-13(11(2)14)12-8-6-5-7-9-12;1-4-5-6-8(3)7(2)9;1-3-4-5-9-6(2,7)8;1-3-4-5-7-6(2)8;1-3-4-5-8-6(2)7;1-3-5-6-4-2;1-3-2/h5-9H,3-4,10H2,1-2H3;4-6H2,1-3H3;3-5H2,1-2H3;3-5H2,1-2H3,(H,7,8);3-5H2,1-2H3;3-5H2,1-2H3;3H2,1-2H3. The third kappa shape index (κ3) is 71.1. The second kappa shape index (κ2) is 52.9. The van der Waals surface area contributed by atoms with Gasteiger partial charge in [0.25, 0.3) is 0 Å². The number of para-hydroxylation sites is 1. The minimum absolute atomic E-state index is 0.0680. The molecule has 1 N–H and O–H groups in total. The molecule has 0 atom stereocenters. The molecular weight excluding hydrogens is 733 g/mol. The zero-order chi connectivity index (χ0) is 45.3. The van der Waals surface area contributed by atoms with Gasteiger partial charge in [0.1, 0.15) is 0 Å². The van der Waals surface area contributed by atoms with E-state index in [1.165, 1.54) is 20.3 Å². The first-order valence-electron chi connectivity index (χ1n) is 21.4. The molecule has 0 spiro atoms. The Labute approximate surface area is 349 Å². The van der Waals surface area contributed by atoms with Gasteiger partial charge < -0.3 is 29.3 Å². The van der Waals surface area contributed by atoms with Gasteiger partial charge in [-0.15, -0.1) is 0 Å². The normalized spacial score (nSPS) is 9.49. The molecule has 0 aliphatic heterocycles. The molecule has 0 fully saturated rings. The number of nitrogens with one attached hydrogen (secondary N) is 1. The first-order chi connectivity index (χ1) is 26.9. The molecule has 0 aromatic heterocycles. The van der Waals surface area contributed by atoms with Gasteiger partial charge in [0.05, 0.1) is 13.2 Å². The van der Waals surface area contributed by atoms with Gasteiger partial charge in [0, 0.05) is 80.2 Å². The van der Waals surface area contributed by atoms with Crippen LogP contribution in [0.15, 0.2) is 30.3 Å². The molecule has 0 aliphatic carbocycles. The molecule has 1 aromatic carbocycles. The van der Waals surface area contributed by atoms with E-state index in [0.29, 0.717) is 13.0 Å². The highest BCUT2D eigenvalue weighted by Crippen LogP contribution is 2.14.